The van der Waals surface area contributed by atoms with Gasteiger partial charge in [-0.15, -0.1) is 11.3 Å². The second kappa shape index (κ2) is 6.99. The minimum absolute atomic E-state index is 0.0732. The van der Waals surface area contributed by atoms with Crippen molar-refractivity contribution in [3.8, 4) is 0 Å². The van der Waals surface area contributed by atoms with E-state index in [1.807, 2.05) is 19.1 Å². The highest BCUT2D eigenvalue weighted by Gasteiger charge is 2.14. The minimum atomic E-state index is -0.692. The van der Waals surface area contributed by atoms with E-state index in [0.717, 1.165) is 15.4 Å². The molecule has 0 saturated heterocycles. The predicted octanol–water partition coefficient (Wildman–Crippen LogP) is 2.22. The molecule has 0 saturated carbocycles. The average Bonchev–Trinajstić information content (AvgIpc) is 3.05. The van der Waals surface area contributed by atoms with Gasteiger partial charge >= 0.3 is 5.69 Å². The predicted molar refractivity (Wildman–Crippen MR) is 80.6 cm³/mol. The lowest BCUT2D eigenvalue weighted by Crippen LogP contribution is -2.31. The van der Waals surface area contributed by atoms with Crippen molar-refractivity contribution in [2.75, 3.05) is 6.54 Å². The maximum absolute atomic E-state index is 10.5. The average molecular weight is 331 g/mol. The molecule has 114 valence electrons. The summed E-state index contributed by atoms with van der Waals surface area (Å²) in [4.78, 5) is 11.1. The van der Waals surface area contributed by atoms with Crippen LogP contribution in [-0.2, 0) is 6.54 Å². The van der Waals surface area contributed by atoms with Crippen LogP contribution in [0.1, 0.15) is 17.8 Å². The molecule has 0 spiro atoms. The number of hydrogen-bond donors (Lipinski definition) is 2. The standard InChI is InChI=1S/C12H15ClN4O3S/c1-8(11-2-3-12(13)21-11)14-5-10(18)7-16-6-9(4-15-16)17(19)20/h2-4,6,8,10,14,18H,5,7H2,1H3. The van der Waals surface area contributed by atoms with Crippen molar-refractivity contribution < 1.29 is 10.0 Å². The molecule has 0 aliphatic rings. The van der Waals surface area contributed by atoms with E-state index in [-0.39, 0.29) is 18.3 Å². The molecule has 2 heterocycles. The van der Waals surface area contributed by atoms with Crippen molar-refractivity contribution in [2.24, 2.45) is 0 Å². The Balaban J connectivity index is 1.81. The van der Waals surface area contributed by atoms with Crippen LogP contribution in [0.3, 0.4) is 0 Å². The molecule has 2 unspecified atom stereocenters. The Morgan fingerprint density at radius 2 is 2.38 bits per heavy atom. The molecule has 2 rings (SSSR count). The lowest BCUT2D eigenvalue weighted by molar-refractivity contribution is -0.385. The van der Waals surface area contributed by atoms with Gasteiger partial charge in [0.2, 0.25) is 0 Å². The van der Waals surface area contributed by atoms with Crippen LogP contribution in [0.5, 0.6) is 0 Å². The molecule has 0 fully saturated rings. The summed E-state index contributed by atoms with van der Waals surface area (Å²) in [5.41, 5.74) is -0.0863. The summed E-state index contributed by atoms with van der Waals surface area (Å²) >= 11 is 7.36. The SMILES string of the molecule is CC(NCC(O)Cn1cc([N+](=O)[O-])cn1)c1ccc(Cl)s1. The van der Waals surface area contributed by atoms with Crippen LogP contribution in [0.4, 0.5) is 5.69 Å². The first kappa shape index (κ1) is 15.9. The largest absolute Gasteiger partial charge is 0.390 e. The minimum Gasteiger partial charge on any atom is -0.390 e. The first-order valence-corrected chi connectivity index (χ1v) is 7.48. The van der Waals surface area contributed by atoms with Crippen molar-refractivity contribution in [1.29, 1.82) is 0 Å². The van der Waals surface area contributed by atoms with Crippen LogP contribution in [0.15, 0.2) is 24.5 Å². The fourth-order valence-corrected chi connectivity index (χ4v) is 2.89. The molecule has 9 heteroatoms. The Morgan fingerprint density at radius 1 is 1.62 bits per heavy atom. The van der Waals surface area contributed by atoms with Gasteiger partial charge in [-0.3, -0.25) is 14.8 Å². The van der Waals surface area contributed by atoms with Gasteiger partial charge in [0.1, 0.15) is 12.4 Å². The van der Waals surface area contributed by atoms with Gasteiger partial charge in [-0.1, -0.05) is 11.6 Å². The molecule has 0 aromatic carbocycles. The van der Waals surface area contributed by atoms with Crippen molar-refractivity contribution in [2.45, 2.75) is 25.6 Å². The lowest BCUT2D eigenvalue weighted by atomic mass is 10.2. The van der Waals surface area contributed by atoms with Crippen LogP contribution >= 0.6 is 22.9 Å². The summed E-state index contributed by atoms with van der Waals surface area (Å²) in [5.74, 6) is 0. The molecule has 7 nitrogen and oxygen atoms in total. The van der Waals surface area contributed by atoms with E-state index < -0.39 is 11.0 Å². The molecule has 21 heavy (non-hydrogen) atoms. The summed E-state index contributed by atoms with van der Waals surface area (Å²) in [6.45, 7) is 2.52. The van der Waals surface area contributed by atoms with Gasteiger partial charge in [-0.2, -0.15) is 5.10 Å². The topological polar surface area (TPSA) is 93.2 Å². The first-order chi connectivity index (χ1) is 9.95. The van der Waals surface area contributed by atoms with Crippen LogP contribution in [0.2, 0.25) is 4.34 Å². The Morgan fingerprint density at radius 3 is 2.95 bits per heavy atom. The molecule has 0 bridgehead atoms. The third-order valence-electron chi connectivity index (χ3n) is 2.91. The van der Waals surface area contributed by atoms with E-state index in [4.69, 9.17) is 11.6 Å². The highest BCUT2D eigenvalue weighted by Crippen LogP contribution is 2.26. The van der Waals surface area contributed by atoms with Gasteiger partial charge in [0.25, 0.3) is 0 Å². The quantitative estimate of drug-likeness (QED) is 0.599. The van der Waals surface area contributed by atoms with E-state index >= 15 is 0 Å². The molecular weight excluding hydrogens is 316 g/mol. The second-order valence-corrected chi connectivity index (χ2v) is 6.35. The Bertz CT molecular complexity index is 615. The molecule has 0 radical (unpaired) electrons. The van der Waals surface area contributed by atoms with Crippen molar-refractivity contribution >= 4 is 28.6 Å². The first-order valence-electron chi connectivity index (χ1n) is 6.29. The Labute approximate surface area is 130 Å². The molecule has 0 aliphatic heterocycles. The maximum atomic E-state index is 10.5. The summed E-state index contributed by atoms with van der Waals surface area (Å²) in [6.07, 6.45) is 1.77. The number of rotatable bonds is 7. The highest BCUT2D eigenvalue weighted by molar-refractivity contribution is 7.16. The van der Waals surface area contributed by atoms with Gasteiger partial charge in [0.15, 0.2) is 0 Å². The summed E-state index contributed by atoms with van der Waals surface area (Å²) < 4.78 is 2.08. The number of halogens is 1. The fraction of sp³-hybridized carbons (Fsp3) is 0.417. The van der Waals surface area contributed by atoms with E-state index in [0.29, 0.717) is 6.54 Å². The van der Waals surface area contributed by atoms with E-state index in [2.05, 4.69) is 10.4 Å². The monoisotopic (exact) mass is 330 g/mol. The van der Waals surface area contributed by atoms with Crippen LogP contribution in [0, 0.1) is 10.1 Å². The fourth-order valence-electron chi connectivity index (χ4n) is 1.80. The van der Waals surface area contributed by atoms with Gasteiger partial charge in [-0.25, -0.2) is 0 Å². The van der Waals surface area contributed by atoms with Gasteiger partial charge < -0.3 is 10.4 Å². The third kappa shape index (κ3) is 4.50. The number of nitro groups is 1. The Hall–Kier alpha value is -1.48. The molecule has 0 amide bonds. The number of aliphatic hydroxyl groups excluding tert-OH is 1. The molecular formula is C12H15ClN4O3S. The maximum Gasteiger partial charge on any atom is 0.306 e. The molecule has 2 atom stereocenters. The summed E-state index contributed by atoms with van der Waals surface area (Å²) in [5, 5.41) is 27.5. The second-order valence-electron chi connectivity index (χ2n) is 4.60. The number of nitrogens with one attached hydrogen (secondary N) is 1. The van der Waals surface area contributed by atoms with Crippen molar-refractivity contribution in [3.05, 3.63) is 43.9 Å². The molecule has 2 aromatic rings. The zero-order valence-corrected chi connectivity index (χ0v) is 12.8. The smallest absolute Gasteiger partial charge is 0.306 e. The highest BCUT2D eigenvalue weighted by atomic mass is 35.5. The van der Waals surface area contributed by atoms with Crippen molar-refractivity contribution in [3.63, 3.8) is 0 Å². The molecule has 2 aromatic heterocycles. The number of aliphatic hydroxyl groups is 1. The number of aromatic nitrogens is 2. The normalized spacial score (nSPS) is 14.0. The lowest BCUT2D eigenvalue weighted by Gasteiger charge is -2.16. The van der Waals surface area contributed by atoms with Crippen molar-refractivity contribution in [1.82, 2.24) is 15.1 Å². The summed E-state index contributed by atoms with van der Waals surface area (Å²) in [6, 6.07) is 3.84. The van der Waals surface area contributed by atoms with E-state index in [1.54, 1.807) is 0 Å². The number of nitrogens with zero attached hydrogens (tertiary/aromatic N) is 3. The zero-order valence-electron chi connectivity index (χ0n) is 11.3. The van der Waals surface area contributed by atoms with Crippen LogP contribution in [0.25, 0.3) is 0 Å². The summed E-state index contributed by atoms with van der Waals surface area (Å²) in [7, 11) is 0. The Kier molecular flexibility index (Phi) is 5.29. The number of hydrogen-bond acceptors (Lipinski definition) is 6. The molecule has 0 aliphatic carbocycles. The zero-order chi connectivity index (χ0) is 15.4. The molecule has 2 N–H and O–H groups in total. The van der Waals surface area contributed by atoms with E-state index in [1.165, 1.54) is 22.2 Å². The van der Waals surface area contributed by atoms with Crippen LogP contribution in [-0.4, -0.2) is 32.5 Å². The van der Waals surface area contributed by atoms with Crippen LogP contribution < -0.4 is 5.32 Å². The third-order valence-corrected chi connectivity index (χ3v) is 4.32. The van der Waals surface area contributed by atoms with Gasteiger partial charge in [0, 0.05) is 17.5 Å². The van der Waals surface area contributed by atoms with Gasteiger partial charge in [-0.05, 0) is 19.1 Å². The van der Waals surface area contributed by atoms with E-state index in [9.17, 15) is 15.2 Å². The van der Waals surface area contributed by atoms with Gasteiger partial charge in [0.05, 0.1) is 21.9 Å². The number of thiophene rings is 1.